The van der Waals surface area contributed by atoms with Gasteiger partial charge < -0.3 is 26.0 Å². The van der Waals surface area contributed by atoms with Crippen molar-refractivity contribution in [2.45, 2.75) is 78.2 Å². The summed E-state index contributed by atoms with van der Waals surface area (Å²) >= 11 is 1.57. The number of carbonyl (C=O) groups excluding carboxylic acids is 4. The molecule has 1 saturated heterocycles. The van der Waals surface area contributed by atoms with Crippen LogP contribution in [0.15, 0.2) is 29.8 Å². The van der Waals surface area contributed by atoms with E-state index in [0.29, 0.717) is 6.42 Å². The van der Waals surface area contributed by atoms with E-state index in [-0.39, 0.29) is 37.2 Å². The van der Waals surface area contributed by atoms with Crippen molar-refractivity contribution in [1.29, 1.82) is 0 Å². The van der Waals surface area contributed by atoms with Crippen LogP contribution >= 0.6 is 11.3 Å². The molecule has 0 radical (unpaired) electrons. The minimum absolute atomic E-state index is 0.00114. The van der Waals surface area contributed by atoms with Crippen molar-refractivity contribution in [1.82, 2.24) is 25.8 Å². The Bertz CT molecular complexity index is 1150. The van der Waals surface area contributed by atoms with Crippen LogP contribution in [0.5, 0.6) is 0 Å². The van der Waals surface area contributed by atoms with Crippen LogP contribution < -0.4 is 16.0 Å². The van der Waals surface area contributed by atoms with Crippen molar-refractivity contribution >= 4 is 35.0 Å². The van der Waals surface area contributed by atoms with Crippen LogP contribution in [0.25, 0.3) is 10.4 Å². The van der Waals surface area contributed by atoms with Crippen molar-refractivity contribution in [2.24, 2.45) is 5.92 Å². The van der Waals surface area contributed by atoms with Gasteiger partial charge in [-0.1, -0.05) is 38.1 Å². The second kappa shape index (κ2) is 13.0. The summed E-state index contributed by atoms with van der Waals surface area (Å²) in [5, 5.41) is 18.4. The topological polar surface area (TPSA) is 141 Å². The van der Waals surface area contributed by atoms with E-state index >= 15 is 0 Å². The van der Waals surface area contributed by atoms with Crippen LogP contribution in [0.4, 0.5) is 0 Å². The predicted octanol–water partition coefficient (Wildman–Crippen LogP) is 1.75. The number of nitrogens with zero attached hydrogens (tertiary/aromatic N) is 2. The van der Waals surface area contributed by atoms with Gasteiger partial charge in [-0.05, 0) is 37.3 Å². The number of rotatable bonds is 10. The largest absolute Gasteiger partial charge is 0.391 e. The lowest BCUT2D eigenvalue weighted by Gasteiger charge is -2.28. The number of amides is 4. The zero-order valence-corrected chi connectivity index (χ0v) is 23.3. The standard InChI is InChI=1S/C27H37N5O5S/c1-15(2)10-22(31-18(5)33)25(35)30-17(4)27(37)32-13-21(34)11-23(32)26(36)28-12-19-6-8-20(9-7-19)24-16(3)29-14-38-24/h6-9,14-15,17,21-23,34H,10-13H2,1-5H3,(H,28,36)(H,30,35)(H,31,33)/t17-,21?,22+,23?/m1/s1. The number of likely N-dealkylation sites (tertiary alicyclic amines) is 1. The van der Waals surface area contributed by atoms with Gasteiger partial charge in [0.1, 0.15) is 18.1 Å². The summed E-state index contributed by atoms with van der Waals surface area (Å²) in [5.74, 6) is -1.49. The maximum Gasteiger partial charge on any atom is 0.245 e. The Kier molecular flexibility index (Phi) is 9.98. The molecule has 0 spiro atoms. The molecule has 0 bridgehead atoms. The van der Waals surface area contributed by atoms with Crippen LogP contribution in [-0.2, 0) is 25.7 Å². The van der Waals surface area contributed by atoms with E-state index in [4.69, 9.17) is 0 Å². The summed E-state index contributed by atoms with van der Waals surface area (Å²) in [6.07, 6.45) is -0.304. The van der Waals surface area contributed by atoms with Crippen LogP contribution in [0.2, 0.25) is 0 Å². The van der Waals surface area contributed by atoms with E-state index in [0.717, 1.165) is 21.7 Å². The average molecular weight is 544 g/mol. The number of benzene rings is 1. The molecule has 1 aliphatic rings. The van der Waals surface area contributed by atoms with Gasteiger partial charge in [0.25, 0.3) is 0 Å². The highest BCUT2D eigenvalue weighted by Crippen LogP contribution is 2.27. The molecular formula is C27H37N5O5S. The molecule has 4 N–H and O–H groups in total. The van der Waals surface area contributed by atoms with Crippen LogP contribution in [0, 0.1) is 12.8 Å². The molecule has 4 amide bonds. The van der Waals surface area contributed by atoms with Gasteiger partial charge in [-0.25, -0.2) is 4.98 Å². The molecule has 0 aliphatic carbocycles. The Morgan fingerprint density at radius 2 is 1.82 bits per heavy atom. The number of aliphatic hydroxyl groups excluding tert-OH is 1. The van der Waals surface area contributed by atoms with Crippen molar-refractivity contribution in [3.05, 3.63) is 41.0 Å². The zero-order valence-electron chi connectivity index (χ0n) is 22.5. The van der Waals surface area contributed by atoms with E-state index in [1.807, 2.05) is 45.0 Å². The molecule has 3 rings (SSSR count). The van der Waals surface area contributed by atoms with E-state index in [2.05, 4.69) is 20.9 Å². The molecule has 4 atom stereocenters. The lowest BCUT2D eigenvalue weighted by molar-refractivity contribution is -0.141. The first kappa shape index (κ1) is 29.2. The molecule has 2 heterocycles. The Hall–Kier alpha value is -3.31. The number of hydrogen-bond donors (Lipinski definition) is 4. The number of aryl methyl sites for hydroxylation is 1. The molecule has 206 valence electrons. The highest BCUT2D eigenvalue weighted by molar-refractivity contribution is 7.13. The van der Waals surface area contributed by atoms with Gasteiger partial charge in [0.2, 0.25) is 23.6 Å². The van der Waals surface area contributed by atoms with Gasteiger partial charge in [0, 0.05) is 26.4 Å². The number of aromatic nitrogens is 1. The van der Waals surface area contributed by atoms with Crippen LogP contribution in [-0.4, -0.2) is 69.4 Å². The first-order valence-corrected chi connectivity index (χ1v) is 13.7. The second-order valence-electron chi connectivity index (χ2n) is 10.2. The van der Waals surface area contributed by atoms with Crippen molar-refractivity contribution in [3.8, 4) is 10.4 Å². The van der Waals surface area contributed by atoms with E-state index in [9.17, 15) is 24.3 Å². The normalized spacial score (nSPS) is 18.7. The Balaban J connectivity index is 1.59. The monoisotopic (exact) mass is 543 g/mol. The van der Waals surface area contributed by atoms with Crippen LogP contribution in [0.3, 0.4) is 0 Å². The average Bonchev–Trinajstić information content (AvgIpc) is 3.46. The molecule has 1 aromatic carbocycles. The third-order valence-corrected chi connectivity index (χ3v) is 7.40. The van der Waals surface area contributed by atoms with E-state index in [1.54, 1.807) is 16.8 Å². The third-order valence-electron chi connectivity index (χ3n) is 6.42. The van der Waals surface area contributed by atoms with Crippen molar-refractivity contribution < 1.29 is 24.3 Å². The van der Waals surface area contributed by atoms with E-state index in [1.165, 1.54) is 18.7 Å². The smallest absolute Gasteiger partial charge is 0.245 e. The maximum absolute atomic E-state index is 13.2. The minimum Gasteiger partial charge on any atom is -0.391 e. The van der Waals surface area contributed by atoms with Crippen LogP contribution in [0.1, 0.15) is 51.8 Å². The molecule has 1 aromatic heterocycles. The quantitative estimate of drug-likeness (QED) is 0.360. The number of β-amino-alcohol motifs (C(OH)–C–C–N with tert-alkyl or cyclic N) is 1. The lowest BCUT2D eigenvalue weighted by Crippen LogP contribution is -2.55. The Morgan fingerprint density at radius 1 is 1.13 bits per heavy atom. The number of nitrogens with one attached hydrogen (secondary N) is 3. The molecule has 11 heteroatoms. The maximum atomic E-state index is 13.2. The summed E-state index contributed by atoms with van der Waals surface area (Å²) in [6, 6.07) is 5.27. The molecule has 1 fully saturated rings. The predicted molar refractivity (Wildman–Crippen MR) is 145 cm³/mol. The minimum atomic E-state index is -0.936. The summed E-state index contributed by atoms with van der Waals surface area (Å²) in [6.45, 7) is 8.97. The van der Waals surface area contributed by atoms with Gasteiger partial charge in [0.05, 0.1) is 22.2 Å². The number of hydrogen-bond acceptors (Lipinski definition) is 7. The summed E-state index contributed by atoms with van der Waals surface area (Å²) < 4.78 is 0. The molecule has 2 unspecified atom stereocenters. The van der Waals surface area contributed by atoms with Gasteiger partial charge in [-0.3, -0.25) is 19.2 Å². The highest BCUT2D eigenvalue weighted by atomic mass is 32.1. The van der Waals surface area contributed by atoms with Gasteiger partial charge in [0.15, 0.2) is 0 Å². The molecule has 38 heavy (non-hydrogen) atoms. The summed E-state index contributed by atoms with van der Waals surface area (Å²) in [4.78, 5) is 57.2. The van der Waals surface area contributed by atoms with Gasteiger partial charge >= 0.3 is 0 Å². The zero-order chi connectivity index (χ0) is 28.0. The highest BCUT2D eigenvalue weighted by Gasteiger charge is 2.40. The Morgan fingerprint density at radius 3 is 2.39 bits per heavy atom. The van der Waals surface area contributed by atoms with Gasteiger partial charge in [-0.15, -0.1) is 11.3 Å². The van der Waals surface area contributed by atoms with Crippen molar-refractivity contribution in [3.63, 3.8) is 0 Å². The number of carbonyl (C=O) groups is 4. The Labute approximate surface area is 227 Å². The molecular weight excluding hydrogens is 506 g/mol. The second-order valence-corrected chi connectivity index (χ2v) is 11.0. The lowest BCUT2D eigenvalue weighted by atomic mass is 10.0. The third kappa shape index (κ3) is 7.61. The molecule has 2 aromatic rings. The fraction of sp³-hybridized carbons (Fsp3) is 0.519. The molecule has 1 aliphatic heterocycles. The van der Waals surface area contributed by atoms with E-state index < -0.39 is 36.0 Å². The molecule has 0 saturated carbocycles. The number of aliphatic hydroxyl groups is 1. The summed E-state index contributed by atoms with van der Waals surface area (Å²) in [5.41, 5.74) is 4.73. The van der Waals surface area contributed by atoms with Crippen molar-refractivity contribution in [2.75, 3.05) is 6.54 Å². The fourth-order valence-electron chi connectivity index (χ4n) is 4.54. The van der Waals surface area contributed by atoms with Gasteiger partial charge in [-0.2, -0.15) is 0 Å². The summed E-state index contributed by atoms with van der Waals surface area (Å²) in [7, 11) is 0. The fourth-order valence-corrected chi connectivity index (χ4v) is 5.35. The number of thiazole rings is 1. The first-order valence-electron chi connectivity index (χ1n) is 12.8. The first-order chi connectivity index (χ1) is 18.0. The SMILES string of the molecule is CC(=O)N[C@@H](CC(C)C)C(=O)N[C@H](C)C(=O)N1CC(O)CC1C(=O)NCc1ccc(-c2scnc2C)cc1. The molecule has 10 nitrogen and oxygen atoms in total.